The van der Waals surface area contributed by atoms with Gasteiger partial charge in [0.25, 0.3) is 0 Å². The quantitative estimate of drug-likeness (QED) is 0.853. The van der Waals surface area contributed by atoms with Crippen molar-refractivity contribution < 1.29 is 19.1 Å². The van der Waals surface area contributed by atoms with E-state index in [0.717, 1.165) is 11.4 Å². The van der Waals surface area contributed by atoms with E-state index in [9.17, 15) is 9.59 Å². The van der Waals surface area contributed by atoms with Gasteiger partial charge in [-0.1, -0.05) is 12.1 Å². The van der Waals surface area contributed by atoms with Crippen LogP contribution in [0.25, 0.3) is 0 Å². The molecule has 0 bridgehead atoms. The van der Waals surface area contributed by atoms with Crippen LogP contribution in [-0.4, -0.2) is 36.6 Å². The number of thiazole rings is 1. The van der Waals surface area contributed by atoms with Crippen molar-refractivity contribution in [1.82, 2.24) is 4.98 Å². The molecule has 0 aliphatic carbocycles. The van der Waals surface area contributed by atoms with Gasteiger partial charge >= 0.3 is 5.97 Å². The Morgan fingerprint density at radius 2 is 2.25 bits per heavy atom. The molecule has 2 aromatic rings. The van der Waals surface area contributed by atoms with Crippen molar-refractivity contribution in [1.29, 1.82) is 0 Å². The zero-order chi connectivity index (χ0) is 17.1. The molecular weight excluding hydrogens is 330 g/mol. The van der Waals surface area contributed by atoms with Gasteiger partial charge in [-0.2, -0.15) is 0 Å². The third-order valence-electron chi connectivity index (χ3n) is 3.51. The largest absolute Gasteiger partial charge is 0.475 e. The van der Waals surface area contributed by atoms with Crippen molar-refractivity contribution in [3.05, 3.63) is 35.3 Å². The number of nitrogens with one attached hydrogen (secondary N) is 1. The second-order valence-electron chi connectivity index (χ2n) is 5.30. The molecule has 3 rings (SSSR count). The molecule has 0 unspecified atom stereocenters. The summed E-state index contributed by atoms with van der Waals surface area (Å²) in [5.74, 6) is 0.0709. The molecule has 1 N–H and O–H groups in total. The van der Waals surface area contributed by atoms with Crippen LogP contribution in [0.3, 0.4) is 0 Å². The van der Waals surface area contributed by atoms with Crippen molar-refractivity contribution in [2.45, 2.75) is 19.6 Å². The van der Waals surface area contributed by atoms with Gasteiger partial charge in [0.15, 0.2) is 5.13 Å². The maximum absolute atomic E-state index is 11.9. The van der Waals surface area contributed by atoms with E-state index in [4.69, 9.17) is 9.47 Å². The number of benzene rings is 1. The molecule has 0 spiro atoms. The zero-order valence-corrected chi connectivity index (χ0v) is 14.1. The molecule has 7 nitrogen and oxygen atoms in total. The van der Waals surface area contributed by atoms with E-state index in [0.29, 0.717) is 24.0 Å². The van der Waals surface area contributed by atoms with Gasteiger partial charge in [0, 0.05) is 12.3 Å². The van der Waals surface area contributed by atoms with Gasteiger partial charge < -0.3 is 19.7 Å². The third-order valence-corrected chi connectivity index (χ3v) is 4.32. The van der Waals surface area contributed by atoms with E-state index in [1.54, 1.807) is 0 Å². The van der Waals surface area contributed by atoms with Crippen LogP contribution >= 0.6 is 11.3 Å². The minimum absolute atomic E-state index is 0.154. The van der Waals surface area contributed by atoms with Crippen molar-refractivity contribution >= 4 is 34.0 Å². The molecule has 0 radical (unpaired) electrons. The number of carbonyl (C=O) groups excluding carboxylic acids is 2. The number of para-hydroxylation sites is 2. The molecule has 2 heterocycles. The highest BCUT2D eigenvalue weighted by molar-refractivity contribution is 7.13. The normalized spacial score (nSPS) is 16.1. The molecular formula is C16H17N3O4S. The van der Waals surface area contributed by atoms with Gasteiger partial charge in [-0.05, 0) is 12.1 Å². The molecule has 0 saturated heterocycles. The SMILES string of the molecule is COC(=O)[C@H]1CN(Cc2csc(NC(C)=O)n2)c2ccccc2O1. The predicted octanol–water partition coefficient (Wildman–Crippen LogP) is 2.04. The Morgan fingerprint density at radius 3 is 3.00 bits per heavy atom. The minimum atomic E-state index is -0.682. The van der Waals surface area contributed by atoms with E-state index >= 15 is 0 Å². The Hall–Kier alpha value is -2.61. The summed E-state index contributed by atoms with van der Waals surface area (Å²) in [6, 6.07) is 7.52. The molecule has 24 heavy (non-hydrogen) atoms. The lowest BCUT2D eigenvalue weighted by atomic mass is 10.2. The van der Waals surface area contributed by atoms with Gasteiger partial charge in [-0.3, -0.25) is 4.79 Å². The summed E-state index contributed by atoms with van der Waals surface area (Å²) in [6.07, 6.45) is -0.682. The summed E-state index contributed by atoms with van der Waals surface area (Å²) in [5.41, 5.74) is 1.70. The second kappa shape index (κ2) is 6.88. The van der Waals surface area contributed by atoms with Crippen LogP contribution in [0.1, 0.15) is 12.6 Å². The molecule has 0 fully saturated rings. The number of esters is 1. The van der Waals surface area contributed by atoms with Crippen LogP contribution in [-0.2, 0) is 20.9 Å². The van der Waals surface area contributed by atoms with Crippen molar-refractivity contribution in [2.24, 2.45) is 0 Å². The zero-order valence-electron chi connectivity index (χ0n) is 13.3. The molecule has 1 aliphatic heterocycles. The smallest absolute Gasteiger partial charge is 0.348 e. The number of carbonyl (C=O) groups is 2. The van der Waals surface area contributed by atoms with Gasteiger partial charge in [-0.25, -0.2) is 9.78 Å². The number of hydrogen-bond donors (Lipinski definition) is 1. The third kappa shape index (κ3) is 3.48. The first-order valence-corrected chi connectivity index (χ1v) is 8.25. The number of fused-ring (bicyclic) bond motifs is 1. The van der Waals surface area contributed by atoms with Crippen LogP contribution in [0.2, 0.25) is 0 Å². The van der Waals surface area contributed by atoms with Crippen LogP contribution < -0.4 is 15.0 Å². The summed E-state index contributed by atoms with van der Waals surface area (Å²) < 4.78 is 10.5. The number of methoxy groups -OCH3 is 1. The first-order chi connectivity index (χ1) is 11.6. The van der Waals surface area contributed by atoms with E-state index in [2.05, 4.69) is 10.3 Å². The van der Waals surface area contributed by atoms with E-state index in [1.807, 2.05) is 34.5 Å². The van der Waals surface area contributed by atoms with E-state index in [1.165, 1.54) is 25.4 Å². The number of amides is 1. The molecule has 1 aliphatic rings. The fourth-order valence-corrected chi connectivity index (χ4v) is 3.24. The highest BCUT2D eigenvalue weighted by atomic mass is 32.1. The topological polar surface area (TPSA) is 80.8 Å². The highest BCUT2D eigenvalue weighted by Gasteiger charge is 2.31. The first-order valence-electron chi connectivity index (χ1n) is 7.37. The average molecular weight is 347 g/mol. The lowest BCUT2D eigenvalue weighted by Crippen LogP contribution is -2.44. The number of rotatable bonds is 4. The molecule has 1 amide bonds. The Labute approximate surface area is 143 Å². The number of aromatic nitrogens is 1. The van der Waals surface area contributed by atoms with Gasteiger partial charge in [0.1, 0.15) is 5.75 Å². The van der Waals surface area contributed by atoms with Crippen LogP contribution in [0.15, 0.2) is 29.6 Å². The highest BCUT2D eigenvalue weighted by Crippen LogP contribution is 2.34. The molecule has 1 aromatic heterocycles. The Bertz CT molecular complexity index is 761. The molecule has 126 valence electrons. The number of ether oxygens (including phenoxy) is 2. The molecule has 1 atom stereocenters. The van der Waals surface area contributed by atoms with E-state index < -0.39 is 12.1 Å². The summed E-state index contributed by atoms with van der Waals surface area (Å²) in [7, 11) is 1.34. The lowest BCUT2D eigenvalue weighted by molar-refractivity contribution is -0.148. The summed E-state index contributed by atoms with van der Waals surface area (Å²) >= 11 is 1.37. The Balaban J connectivity index is 1.81. The van der Waals surface area contributed by atoms with Crippen molar-refractivity contribution in [3.63, 3.8) is 0 Å². The van der Waals surface area contributed by atoms with Crippen LogP contribution in [0, 0.1) is 0 Å². The lowest BCUT2D eigenvalue weighted by Gasteiger charge is -2.34. The minimum Gasteiger partial charge on any atom is -0.475 e. The predicted molar refractivity (Wildman–Crippen MR) is 90.3 cm³/mol. The maximum atomic E-state index is 11.9. The van der Waals surface area contributed by atoms with E-state index in [-0.39, 0.29) is 5.91 Å². The monoisotopic (exact) mass is 347 g/mol. The summed E-state index contributed by atoms with van der Waals surface area (Å²) in [4.78, 5) is 29.4. The van der Waals surface area contributed by atoms with Gasteiger partial charge in [-0.15, -0.1) is 11.3 Å². The number of hydrogen-bond acceptors (Lipinski definition) is 7. The summed E-state index contributed by atoms with van der Waals surface area (Å²) in [6.45, 7) is 2.32. The van der Waals surface area contributed by atoms with Gasteiger partial charge in [0.2, 0.25) is 12.0 Å². The van der Waals surface area contributed by atoms with Crippen LogP contribution in [0.5, 0.6) is 5.75 Å². The number of anilines is 2. The van der Waals surface area contributed by atoms with Gasteiger partial charge in [0.05, 0.1) is 31.6 Å². The molecule has 0 saturated carbocycles. The van der Waals surface area contributed by atoms with Crippen LogP contribution in [0.4, 0.5) is 10.8 Å². The second-order valence-corrected chi connectivity index (χ2v) is 6.16. The Morgan fingerprint density at radius 1 is 1.46 bits per heavy atom. The fraction of sp³-hybridized carbons (Fsp3) is 0.312. The van der Waals surface area contributed by atoms with Crippen molar-refractivity contribution in [3.8, 4) is 5.75 Å². The van der Waals surface area contributed by atoms with Crippen molar-refractivity contribution in [2.75, 3.05) is 23.9 Å². The maximum Gasteiger partial charge on any atom is 0.348 e. The standard InChI is InChI=1S/C16H17N3O4S/c1-10(20)17-16-18-11(9-24-16)7-19-8-14(15(21)22-2)23-13-6-4-3-5-12(13)19/h3-6,9,14H,7-8H2,1-2H3,(H,17,18,20)/t14-/m1/s1. The summed E-state index contributed by atoms with van der Waals surface area (Å²) in [5, 5.41) is 5.11. The molecule has 8 heteroatoms. The average Bonchev–Trinajstić information content (AvgIpc) is 3.00. The Kier molecular flexibility index (Phi) is 4.66. The number of nitrogens with zero attached hydrogens (tertiary/aromatic N) is 2. The fourth-order valence-electron chi connectivity index (χ4n) is 2.49. The first kappa shape index (κ1) is 16.3. The molecule has 1 aromatic carbocycles.